The van der Waals surface area contributed by atoms with Gasteiger partial charge in [-0.3, -0.25) is 4.90 Å². The van der Waals surface area contributed by atoms with Gasteiger partial charge in [0, 0.05) is 24.5 Å². The van der Waals surface area contributed by atoms with Crippen molar-refractivity contribution in [1.29, 1.82) is 5.26 Å². The molecule has 0 aliphatic carbocycles. The van der Waals surface area contributed by atoms with Gasteiger partial charge in [-0.25, -0.2) is 0 Å². The standard InChI is InChI=1S/C17H19N3O/c18-11-13-5-7-14(8-6-13)17(21)12-20-10-2-4-16(20)15-3-1-9-19-15/h1,3,5-9,16-17,19,21H,2,4,10,12H2. The van der Waals surface area contributed by atoms with Crippen molar-refractivity contribution in [2.45, 2.75) is 25.0 Å². The molecular weight excluding hydrogens is 262 g/mol. The molecule has 1 aliphatic heterocycles. The number of H-pyrrole nitrogens is 1. The molecule has 2 N–H and O–H groups in total. The third-order valence-corrected chi connectivity index (χ3v) is 4.18. The Kier molecular flexibility index (Phi) is 4.05. The Morgan fingerprint density at radius 1 is 1.33 bits per heavy atom. The Morgan fingerprint density at radius 2 is 2.14 bits per heavy atom. The van der Waals surface area contributed by atoms with Crippen LogP contribution in [0.2, 0.25) is 0 Å². The van der Waals surface area contributed by atoms with Crippen LogP contribution in [0.4, 0.5) is 0 Å². The predicted octanol–water partition coefficient (Wildman–Crippen LogP) is 2.76. The molecule has 2 unspecified atom stereocenters. The first-order valence-corrected chi connectivity index (χ1v) is 7.33. The first-order chi connectivity index (χ1) is 10.3. The van der Waals surface area contributed by atoms with Crippen LogP contribution in [0.1, 0.15) is 41.8 Å². The van der Waals surface area contributed by atoms with Crippen molar-refractivity contribution in [3.05, 3.63) is 59.4 Å². The van der Waals surface area contributed by atoms with Crippen LogP contribution >= 0.6 is 0 Å². The summed E-state index contributed by atoms with van der Waals surface area (Å²) in [4.78, 5) is 5.61. The lowest BCUT2D eigenvalue weighted by Gasteiger charge is -2.26. The summed E-state index contributed by atoms with van der Waals surface area (Å²) in [6.45, 7) is 1.63. The number of nitrogens with zero attached hydrogens (tertiary/aromatic N) is 2. The normalized spacial score (nSPS) is 20.3. The molecule has 21 heavy (non-hydrogen) atoms. The third-order valence-electron chi connectivity index (χ3n) is 4.18. The van der Waals surface area contributed by atoms with Crippen LogP contribution < -0.4 is 0 Å². The Balaban J connectivity index is 1.68. The second kappa shape index (κ2) is 6.13. The number of aromatic nitrogens is 1. The summed E-state index contributed by atoms with van der Waals surface area (Å²) in [6, 6.07) is 13.8. The van der Waals surface area contributed by atoms with Gasteiger partial charge in [0.15, 0.2) is 0 Å². The summed E-state index contributed by atoms with van der Waals surface area (Å²) in [5.74, 6) is 0. The molecule has 0 saturated carbocycles. The minimum Gasteiger partial charge on any atom is -0.387 e. The highest BCUT2D eigenvalue weighted by molar-refractivity contribution is 5.32. The number of nitrogens with one attached hydrogen (secondary N) is 1. The number of β-amino-alcohol motifs (C(OH)–C–C–N with tert-alkyl or cyclic N) is 1. The molecule has 1 fully saturated rings. The smallest absolute Gasteiger partial charge is 0.0991 e. The quantitative estimate of drug-likeness (QED) is 0.905. The minimum atomic E-state index is -0.520. The average molecular weight is 281 g/mol. The van der Waals surface area contributed by atoms with Crippen LogP contribution in [0.3, 0.4) is 0 Å². The van der Waals surface area contributed by atoms with Gasteiger partial charge in [-0.1, -0.05) is 12.1 Å². The summed E-state index contributed by atoms with van der Waals surface area (Å²) in [7, 11) is 0. The van der Waals surface area contributed by atoms with E-state index in [1.807, 2.05) is 24.4 Å². The second-order valence-corrected chi connectivity index (χ2v) is 5.53. The van der Waals surface area contributed by atoms with Gasteiger partial charge in [0.25, 0.3) is 0 Å². The number of likely N-dealkylation sites (tertiary alicyclic amines) is 1. The van der Waals surface area contributed by atoms with E-state index in [1.165, 1.54) is 5.69 Å². The summed E-state index contributed by atoms with van der Waals surface area (Å²) in [5, 5.41) is 19.2. The van der Waals surface area contributed by atoms with Gasteiger partial charge in [0.05, 0.1) is 17.7 Å². The zero-order valence-corrected chi connectivity index (χ0v) is 11.9. The van der Waals surface area contributed by atoms with Crippen LogP contribution in [0.15, 0.2) is 42.6 Å². The number of nitriles is 1. The molecule has 1 aromatic heterocycles. The maximum atomic E-state index is 10.4. The van der Waals surface area contributed by atoms with E-state index < -0.39 is 6.10 Å². The van der Waals surface area contributed by atoms with Crippen molar-refractivity contribution in [3.8, 4) is 6.07 Å². The summed E-state index contributed by atoms with van der Waals surface area (Å²) >= 11 is 0. The highest BCUT2D eigenvalue weighted by atomic mass is 16.3. The number of rotatable bonds is 4. The van der Waals surface area contributed by atoms with E-state index in [2.05, 4.69) is 22.0 Å². The molecular formula is C17H19N3O. The number of hydrogen-bond acceptors (Lipinski definition) is 3. The summed E-state index contributed by atoms with van der Waals surface area (Å²) in [5.41, 5.74) is 2.71. The number of benzene rings is 1. The van der Waals surface area contributed by atoms with Gasteiger partial charge < -0.3 is 10.1 Å². The van der Waals surface area contributed by atoms with Crippen molar-refractivity contribution in [3.63, 3.8) is 0 Å². The second-order valence-electron chi connectivity index (χ2n) is 5.53. The number of aromatic amines is 1. The topological polar surface area (TPSA) is 63.0 Å². The molecule has 2 atom stereocenters. The summed E-state index contributed by atoms with van der Waals surface area (Å²) in [6.07, 6.45) is 3.71. The van der Waals surface area contributed by atoms with E-state index in [9.17, 15) is 5.11 Å². The zero-order chi connectivity index (χ0) is 14.7. The van der Waals surface area contributed by atoms with Gasteiger partial charge in [0.1, 0.15) is 0 Å². The van der Waals surface area contributed by atoms with E-state index in [0.29, 0.717) is 18.2 Å². The summed E-state index contributed by atoms with van der Waals surface area (Å²) < 4.78 is 0. The van der Waals surface area contributed by atoms with Gasteiger partial charge in [-0.2, -0.15) is 5.26 Å². The molecule has 108 valence electrons. The van der Waals surface area contributed by atoms with E-state index >= 15 is 0 Å². The predicted molar refractivity (Wildman–Crippen MR) is 80.5 cm³/mol. The molecule has 2 heterocycles. The fraction of sp³-hybridized carbons (Fsp3) is 0.353. The molecule has 1 aliphatic rings. The van der Waals surface area contributed by atoms with Gasteiger partial charge in [-0.15, -0.1) is 0 Å². The molecule has 0 spiro atoms. The van der Waals surface area contributed by atoms with Crippen molar-refractivity contribution >= 4 is 0 Å². The lowest BCUT2D eigenvalue weighted by atomic mass is 10.1. The number of aliphatic hydroxyl groups is 1. The molecule has 1 aromatic carbocycles. The minimum absolute atomic E-state index is 0.369. The van der Waals surface area contributed by atoms with E-state index in [1.54, 1.807) is 12.1 Å². The Labute approximate surface area is 124 Å². The van der Waals surface area contributed by atoms with Crippen molar-refractivity contribution < 1.29 is 5.11 Å². The fourth-order valence-corrected chi connectivity index (χ4v) is 3.06. The monoisotopic (exact) mass is 281 g/mol. The first kappa shape index (κ1) is 13.9. The van der Waals surface area contributed by atoms with E-state index in [0.717, 1.165) is 24.9 Å². The highest BCUT2D eigenvalue weighted by Gasteiger charge is 2.28. The Morgan fingerprint density at radius 3 is 2.81 bits per heavy atom. The zero-order valence-electron chi connectivity index (χ0n) is 11.9. The van der Waals surface area contributed by atoms with Crippen LogP contribution in [-0.4, -0.2) is 28.1 Å². The number of hydrogen-bond donors (Lipinski definition) is 2. The Bertz CT molecular complexity index is 612. The average Bonchev–Trinajstić information content (AvgIpc) is 3.18. The van der Waals surface area contributed by atoms with Crippen LogP contribution in [0.25, 0.3) is 0 Å². The molecule has 3 rings (SSSR count). The van der Waals surface area contributed by atoms with Crippen LogP contribution in [0, 0.1) is 11.3 Å². The van der Waals surface area contributed by atoms with Crippen LogP contribution in [-0.2, 0) is 0 Å². The molecule has 2 aromatic rings. The van der Waals surface area contributed by atoms with Crippen molar-refractivity contribution in [1.82, 2.24) is 9.88 Å². The lowest BCUT2D eigenvalue weighted by molar-refractivity contribution is 0.105. The molecule has 1 saturated heterocycles. The van der Waals surface area contributed by atoms with E-state index in [4.69, 9.17) is 5.26 Å². The lowest BCUT2D eigenvalue weighted by Crippen LogP contribution is -2.28. The van der Waals surface area contributed by atoms with Gasteiger partial charge >= 0.3 is 0 Å². The van der Waals surface area contributed by atoms with Gasteiger partial charge in [0.2, 0.25) is 0 Å². The first-order valence-electron chi connectivity index (χ1n) is 7.33. The highest BCUT2D eigenvalue weighted by Crippen LogP contribution is 2.32. The van der Waals surface area contributed by atoms with Crippen LogP contribution in [0.5, 0.6) is 0 Å². The third kappa shape index (κ3) is 2.99. The maximum absolute atomic E-state index is 10.4. The Hall–Kier alpha value is -2.09. The molecule has 4 nitrogen and oxygen atoms in total. The van der Waals surface area contributed by atoms with Gasteiger partial charge in [-0.05, 0) is 49.2 Å². The molecule has 4 heteroatoms. The fourth-order valence-electron chi connectivity index (χ4n) is 3.06. The molecule has 0 amide bonds. The maximum Gasteiger partial charge on any atom is 0.0991 e. The van der Waals surface area contributed by atoms with Crippen molar-refractivity contribution in [2.24, 2.45) is 0 Å². The largest absolute Gasteiger partial charge is 0.387 e. The SMILES string of the molecule is N#Cc1ccc(C(O)CN2CCCC2c2ccc[nH]2)cc1. The number of aliphatic hydroxyl groups excluding tert-OH is 1. The van der Waals surface area contributed by atoms with Crippen molar-refractivity contribution in [2.75, 3.05) is 13.1 Å². The molecule has 0 bridgehead atoms. The van der Waals surface area contributed by atoms with E-state index in [-0.39, 0.29) is 0 Å². The molecule has 0 radical (unpaired) electrons.